The van der Waals surface area contributed by atoms with Gasteiger partial charge in [-0.25, -0.2) is 9.59 Å². The lowest BCUT2D eigenvalue weighted by Gasteiger charge is -2.14. The molecule has 112 valence electrons. The van der Waals surface area contributed by atoms with Gasteiger partial charge < -0.3 is 21.1 Å². The molecule has 1 aromatic carbocycles. The Hall–Kier alpha value is -1.61. The van der Waals surface area contributed by atoms with Gasteiger partial charge in [0.1, 0.15) is 0 Å². The van der Waals surface area contributed by atoms with Crippen molar-refractivity contribution in [1.29, 1.82) is 0 Å². The molecule has 1 saturated heterocycles. The van der Waals surface area contributed by atoms with Gasteiger partial charge in [-0.3, -0.25) is 4.79 Å². The van der Waals surface area contributed by atoms with E-state index in [9.17, 15) is 19.5 Å². The fourth-order valence-electron chi connectivity index (χ4n) is 1.91. The number of amides is 3. The highest BCUT2D eigenvalue weighted by molar-refractivity contribution is 9.11. The summed E-state index contributed by atoms with van der Waals surface area (Å²) in [6, 6.07) is 2.15. The molecule has 9 heteroatoms. The monoisotopic (exact) mass is 419 g/mol. The van der Waals surface area contributed by atoms with Crippen LogP contribution in [0.4, 0.5) is 10.5 Å². The molecule has 0 spiro atoms. The van der Waals surface area contributed by atoms with Crippen LogP contribution in [0.1, 0.15) is 16.8 Å². The summed E-state index contributed by atoms with van der Waals surface area (Å²) in [6.07, 6.45) is 0.209. The summed E-state index contributed by atoms with van der Waals surface area (Å²) in [6.45, 7) is 0.361. The van der Waals surface area contributed by atoms with Gasteiger partial charge in [-0.1, -0.05) is 15.9 Å². The molecule has 0 saturated carbocycles. The molecule has 1 aromatic rings. The average molecular weight is 421 g/mol. The Morgan fingerprint density at radius 2 is 2.05 bits per heavy atom. The van der Waals surface area contributed by atoms with Crippen molar-refractivity contribution in [2.75, 3.05) is 11.9 Å². The van der Waals surface area contributed by atoms with E-state index >= 15 is 0 Å². The minimum atomic E-state index is -1.16. The number of carbonyl (C=O) groups excluding carboxylic acids is 2. The van der Waals surface area contributed by atoms with Crippen LogP contribution in [-0.2, 0) is 4.79 Å². The molecule has 3 amide bonds. The van der Waals surface area contributed by atoms with Crippen molar-refractivity contribution in [1.82, 2.24) is 10.6 Å². The van der Waals surface area contributed by atoms with E-state index in [-0.39, 0.29) is 29.6 Å². The molecule has 1 heterocycles. The first-order chi connectivity index (χ1) is 9.86. The van der Waals surface area contributed by atoms with Gasteiger partial charge in [-0.05, 0) is 28.1 Å². The molecule has 7 nitrogen and oxygen atoms in total. The Balaban J connectivity index is 2.13. The molecule has 4 N–H and O–H groups in total. The lowest BCUT2D eigenvalue weighted by Crippen LogP contribution is -2.39. The molecule has 0 bridgehead atoms. The maximum Gasteiger partial charge on any atom is 0.337 e. The average Bonchev–Trinajstić information content (AvgIpc) is 2.77. The van der Waals surface area contributed by atoms with Crippen molar-refractivity contribution in [3.8, 4) is 0 Å². The van der Waals surface area contributed by atoms with Crippen LogP contribution in [0.15, 0.2) is 21.1 Å². The van der Waals surface area contributed by atoms with Crippen LogP contribution in [0.25, 0.3) is 0 Å². The first-order valence-electron chi connectivity index (χ1n) is 5.93. The summed E-state index contributed by atoms with van der Waals surface area (Å²) in [7, 11) is 0. The number of hydrogen-bond acceptors (Lipinski definition) is 3. The number of urea groups is 1. The molecule has 1 fully saturated rings. The summed E-state index contributed by atoms with van der Waals surface area (Å²) in [4.78, 5) is 34.2. The molecule has 0 radical (unpaired) electrons. The van der Waals surface area contributed by atoms with E-state index < -0.39 is 12.0 Å². The van der Waals surface area contributed by atoms with Crippen LogP contribution in [0.5, 0.6) is 0 Å². The number of nitrogens with one attached hydrogen (secondary N) is 3. The summed E-state index contributed by atoms with van der Waals surface area (Å²) in [5.74, 6) is -1.29. The molecular weight excluding hydrogens is 410 g/mol. The van der Waals surface area contributed by atoms with E-state index in [2.05, 4.69) is 47.8 Å². The maximum atomic E-state index is 11.9. The van der Waals surface area contributed by atoms with Gasteiger partial charge in [0, 0.05) is 21.9 Å². The third-order valence-corrected chi connectivity index (χ3v) is 3.92. The van der Waals surface area contributed by atoms with Gasteiger partial charge in [-0.2, -0.15) is 0 Å². The summed E-state index contributed by atoms with van der Waals surface area (Å²) < 4.78 is 1.01. The number of halogens is 2. The molecular formula is C12H11Br2N3O4. The number of carboxylic acid groups (broad SMARTS) is 1. The molecule has 0 aliphatic carbocycles. The van der Waals surface area contributed by atoms with Crippen LogP contribution in [0.3, 0.4) is 0 Å². The highest BCUT2D eigenvalue weighted by atomic mass is 79.9. The number of hydrogen-bond donors (Lipinski definition) is 4. The number of carbonyl (C=O) groups is 3. The maximum absolute atomic E-state index is 11.9. The second-order valence-electron chi connectivity index (χ2n) is 4.42. The Labute approximate surface area is 136 Å². The minimum absolute atomic E-state index is 0.0491. The van der Waals surface area contributed by atoms with E-state index in [4.69, 9.17) is 0 Å². The number of rotatable bonds is 3. The zero-order valence-electron chi connectivity index (χ0n) is 10.6. The quantitative estimate of drug-likeness (QED) is 0.599. The number of aromatic carboxylic acids is 1. The molecule has 2 rings (SSSR count). The fourth-order valence-corrected chi connectivity index (χ4v) is 3.24. The third kappa shape index (κ3) is 3.94. The van der Waals surface area contributed by atoms with Crippen molar-refractivity contribution in [3.63, 3.8) is 0 Å². The van der Waals surface area contributed by atoms with Gasteiger partial charge in [0.05, 0.1) is 17.3 Å². The van der Waals surface area contributed by atoms with Crippen molar-refractivity contribution in [3.05, 3.63) is 26.6 Å². The van der Waals surface area contributed by atoms with Gasteiger partial charge in [0.2, 0.25) is 5.91 Å². The Bertz CT molecular complexity index is 621. The van der Waals surface area contributed by atoms with Crippen LogP contribution in [-0.4, -0.2) is 35.6 Å². The molecule has 21 heavy (non-hydrogen) atoms. The smallest absolute Gasteiger partial charge is 0.337 e. The normalized spacial score (nSPS) is 17.2. The van der Waals surface area contributed by atoms with Crippen molar-refractivity contribution >= 4 is 55.5 Å². The summed E-state index contributed by atoms with van der Waals surface area (Å²) in [5.41, 5.74) is 0.104. The van der Waals surface area contributed by atoms with Crippen LogP contribution in [0.2, 0.25) is 0 Å². The number of carboxylic acids is 1. The number of anilines is 1. The topological polar surface area (TPSA) is 108 Å². The second kappa shape index (κ2) is 6.44. The van der Waals surface area contributed by atoms with E-state index in [0.29, 0.717) is 15.5 Å². The van der Waals surface area contributed by atoms with Crippen molar-refractivity contribution in [2.24, 2.45) is 0 Å². The van der Waals surface area contributed by atoms with Crippen LogP contribution in [0, 0.1) is 0 Å². The highest BCUT2D eigenvalue weighted by Gasteiger charge is 2.24. The van der Waals surface area contributed by atoms with Crippen molar-refractivity contribution < 1.29 is 19.5 Å². The minimum Gasteiger partial charge on any atom is -0.478 e. The molecule has 1 unspecified atom stereocenters. The first-order valence-corrected chi connectivity index (χ1v) is 7.52. The predicted molar refractivity (Wildman–Crippen MR) is 82.4 cm³/mol. The fraction of sp³-hybridized carbons (Fsp3) is 0.250. The standard InChI is InChI=1S/C12H11Br2N3O4/c13-5-1-7(11(19)20)10(8(14)2-5)17-12(21)16-6-3-9(18)15-4-6/h1-2,6H,3-4H2,(H,15,18)(H,19,20)(H2,16,17,21). The molecule has 0 aromatic heterocycles. The van der Waals surface area contributed by atoms with Crippen LogP contribution < -0.4 is 16.0 Å². The predicted octanol–water partition coefficient (Wildman–Crippen LogP) is 1.92. The second-order valence-corrected chi connectivity index (χ2v) is 6.19. The van der Waals surface area contributed by atoms with Gasteiger partial charge in [-0.15, -0.1) is 0 Å². The van der Waals surface area contributed by atoms with Gasteiger partial charge in [0.25, 0.3) is 0 Å². The first kappa shape index (κ1) is 15.8. The lowest BCUT2D eigenvalue weighted by molar-refractivity contribution is -0.119. The third-order valence-electron chi connectivity index (χ3n) is 2.84. The number of benzene rings is 1. The summed E-state index contributed by atoms with van der Waals surface area (Å²) in [5, 5.41) is 16.9. The zero-order chi connectivity index (χ0) is 15.6. The molecule has 1 aliphatic rings. The zero-order valence-corrected chi connectivity index (χ0v) is 13.7. The Kier molecular flexibility index (Phi) is 4.84. The molecule has 1 atom stereocenters. The Morgan fingerprint density at radius 1 is 1.33 bits per heavy atom. The SMILES string of the molecule is O=C1CC(NC(=O)Nc2c(Br)cc(Br)cc2C(=O)O)CN1. The highest BCUT2D eigenvalue weighted by Crippen LogP contribution is 2.30. The molecule has 1 aliphatic heterocycles. The van der Waals surface area contributed by atoms with E-state index in [1.165, 1.54) is 6.07 Å². The van der Waals surface area contributed by atoms with E-state index in [1.54, 1.807) is 6.07 Å². The summed E-state index contributed by atoms with van der Waals surface area (Å²) >= 11 is 6.41. The Morgan fingerprint density at radius 3 is 2.62 bits per heavy atom. The van der Waals surface area contributed by atoms with Crippen molar-refractivity contribution in [2.45, 2.75) is 12.5 Å². The largest absolute Gasteiger partial charge is 0.478 e. The van der Waals surface area contributed by atoms with E-state index in [0.717, 1.165) is 0 Å². The van der Waals surface area contributed by atoms with Gasteiger partial charge >= 0.3 is 12.0 Å². The lowest BCUT2D eigenvalue weighted by atomic mass is 10.2. The van der Waals surface area contributed by atoms with E-state index in [1.807, 2.05) is 0 Å². The van der Waals surface area contributed by atoms with Crippen LogP contribution >= 0.6 is 31.9 Å². The van der Waals surface area contributed by atoms with Gasteiger partial charge in [0.15, 0.2) is 0 Å².